The third-order valence-corrected chi connectivity index (χ3v) is 6.32. The molecule has 0 unspecified atom stereocenters. The molecule has 1 aliphatic heterocycles. The van der Waals surface area contributed by atoms with E-state index in [1.54, 1.807) is 36.4 Å². The molecule has 0 radical (unpaired) electrons. The summed E-state index contributed by atoms with van der Waals surface area (Å²) in [7, 11) is -3.42. The zero-order chi connectivity index (χ0) is 19.3. The topological polar surface area (TPSA) is 52.7 Å². The van der Waals surface area contributed by atoms with Crippen molar-refractivity contribution in [3.63, 3.8) is 0 Å². The lowest BCUT2D eigenvalue weighted by Crippen LogP contribution is -2.48. The summed E-state index contributed by atoms with van der Waals surface area (Å²) < 4.78 is 40.1. The largest absolute Gasteiger partial charge is 0.369 e. The Morgan fingerprint density at radius 2 is 1.67 bits per heavy atom. The molecular formula is C19H23ClFN3O2S. The highest BCUT2D eigenvalue weighted by Gasteiger charge is 2.18. The van der Waals surface area contributed by atoms with Gasteiger partial charge in [-0.1, -0.05) is 29.8 Å². The Hall–Kier alpha value is -1.67. The minimum absolute atomic E-state index is 0.120. The predicted molar refractivity (Wildman–Crippen MR) is 107 cm³/mol. The Kier molecular flexibility index (Phi) is 6.70. The molecule has 1 fully saturated rings. The first-order valence-electron chi connectivity index (χ1n) is 8.86. The lowest BCUT2D eigenvalue weighted by atomic mass is 10.2. The minimum atomic E-state index is -3.42. The molecular weight excluding hydrogens is 389 g/mol. The van der Waals surface area contributed by atoms with Gasteiger partial charge in [0, 0.05) is 50.0 Å². The first kappa shape index (κ1) is 20.1. The minimum Gasteiger partial charge on any atom is -0.369 e. The zero-order valence-electron chi connectivity index (χ0n) is 14.9. The molecule has 27 heavy (non-hydrogen) atoms. The second-order valence-electron chi connectivity index (χ2n) is 6.55. The van der Waals surface area contributed by atoms with E-state index in [1.807, 2.05) is 0 Å². The fraction of sp³-hybridized carbons (Fsp3) is 0.368. The number of rotatable bonds is 7. The molecule has 0 atom stereocenters. The standard InChI is InChI=1S/C19H23ClFN3O2S/c20-19-4-2-1-3-16(19)15-27(25,26)22-9-10-23-11-13-24(14-12-23)18-7-5-17(21)6-8-18/h1-8,22H,9-15H2. The maximum atomic E-state index is 13.0. The number of nitrogens with one attached hydrogen (secondary N) is 1. The molecule has 2 aromatic rings. The van der Waals surface area contributed by atoms with E-state index in [2.05, 4.69) is 14.5 Å². The van der Waals surface area contributed by atoms with Crippen LogP contribution in [0.25, 0.3) is 0 Å². The molecule has 146 valence electrons. The van der Waals surface area contributed by atoms with Crippen molar-refractivity contribution in [3.05, 3.63) is 64.9 Å². The van der Waals surface area contributed by atoms with Crippen LogP contribution in [0.1, 0.15) is 5.56 Å². The maximum absolute atomic E-state index is 13.0. The summed E-state index contributed by atoms with van der Waals surface area (Å²) in [5.74, 6) is -0.355. The van der Waals surface area contributed by atoms with Gasteiger partial charge in [0.05, 0.1) is 5.75 Å². The molecule has 0 saturated carbocycles. The molecule has 1 saturated heterocycles. The molecule has 5 nitrogen and oxygen atoms in total. The Morgan fingerprint density at radius 1 is 1.00 bits per heavy atom. The zero-order valence-corrected chi connectivity index (χ0v) is 16.5. The molecule has 0 aliphatic carbocycles. The number of hydrogen-bond acceptors (Lipinski definition) is 4. The van der Waals surface area contributed by atoms with Crippen LogP contribution in [-0.4, -0.2) is 52.6 Å². The summed E-state index contributed by atoms with van der Waals surface area (Å²) in [6.45, 7) is 4.35. The van der Waals surface area contributed by atoms with Gasteiger partial charge in [-0.2, -0.15) is 0 Å². The predicted octanol–water partition coefficient (Wildman–Crippen LogP) is 2.72. The lowest BCUT2D eigenvalue weighted by molar-refractivity contribution is 0.262. The Balaban J connectivity index is 1.42. The van der Waals surface area contributed by atoms with Crippen molar-refractivity contribution in [2.75, 3.05) is 44.2 Å². The van der Waals surface area contributed by atoms with Crippen molar-refractivity contribution in [2.24, 2.45) is 0 Å². The van der Waals surface area contributed by atoms with Gasteiger partial charge < -0.3 is 4.90 Å². The molecule has 1 heterocycles. The summed E-state index contributed by atoms with van der Waals surface area (Å²) >= 11 is 6.03. The second-order valence-corrected chi connectivity index (χ2v) is 8.76. The highest BCUT2D eigenvalue weighted by atomic mass is 35.5. The van der Waals surface area contributed by atoms with Gasteiger partial charge in [0.15, 0.2) is 0 Å². The number of halogens is 2. The van der Waals surface area contributed by atoms with E-state index in [1.165, 1.54) is 12.1 Å². The van der Waals surface area contributed by atoms with Crippen LogP contribution < -0.4 is 9.62 Å². The van der Waals surface area contributed by atoms with Crippen LogP contribution in [0.5, 0.6) is 0 Å². The number of benzene rings is 2. The van der Waals surface area contributed by atoms with Crippen LogP contribution in [0.2, 0.25) is 5.02 Å². The highest BCUT2D eigenvalue weighted by molar-refractivity contribution is 7.88. The average molecular weight is 412 g/mol. The molecule has 3 rings (SSSR count). The number of anilines is 1. The van der Waals surface area contributed by atoms with Crippen LogP contribution >= 0.6 is 11.6 Å². The number of sulfonamides is 1. The highest BCUT2D eigenvalue weighted by Crippen LogP contribution is 2.18. The molecule has 2 aromatic carbocycles. The van der Waals surface area contributed by atoms with Crippen molar-refractivity contribution < 1.29 is 12.8 Å². The molecule has 0 bridgehead atoms. The first-order chi connectivity index (χ1) is 12.9. The molecule has 0 amide bonds. The summed E-state index contributed by atoms with van der Waals surface area (Å²) in [4.78, 5) is 4.43. The van der Waals surface area contributed by atoms with Gasteiger partial charge in [-0.15, -0.1) is 0 Å². The summed E-state index contributed by atoms with van der Waals surface area (Å²) in [5.41, 5.74) is 1.61. The summed E-state index contributed by atoms with van der Waals surface area (Å²) in [5, 5.41) is 0.458. The van der Waals surface area contributed by atoms with Gasteiger partial charge in [-0.3, -0.25) is 4.90 Å². The van der Waals surface area contributed by atoms with Gasteiger partial charge in [-0.05, 0) is 35.9 Å². The van der Waals surface area contributed by atoms with E-state index in [0.29, 0.717) is 23.7 Å². The van der Waals surface area contributed by atoms with Gasteiger partial charge in [-0.25, -0.2) is 17.5 Å². The van der Waals surface area contributed by atoms with Crippen molar-refractivity contribution in [2.45, 2.75) is 5.75 Å². The summed E-state index contributed by atoms with van der Waals surface area (Å²) in [6.07, 6.45) is 0. The average Bonchev–Trinajstić information content (AvgIpc) is 2.65. The quantitative estimate of drug-likeness (QED) is 0.761. The lowest BCUT2D eigenvalue weighted by Gasteiger charge is -2.36. The number of hydrogen-bond donors (Lipinski definition) is 1. The molecule has 1 N–H and O–H groups in total. The monoisotopic (exact) mass is 411 g/mol. The van der Waals surface area contributed by atoms with Crippen molar-refractivity contribution in [1.29, 1.82) is 0 Å². The van der Waals surface area contributed by atoms with Crippen LogP contribution in [0.3, 0.4) is 0 Å². The van der Waals surface area contributed by atoms with Crippen LogP contribution in [0.4, 0.5) is 10.1 Å². The van der Waals surface area contributed by atoms with E-state index >= 15 is 0 Å². The van der Waals surface area contributed by atoms with Gasteiger partial charge >= 0.3 is 0 Å². The molecule has 0 aromatic heterocycles. The Labute approximate surface area is 164 Å². The van der Waals surface area contributed by atoms with E-state index in [9.17, 15) is 12.8 Å². The fourth-order valence-corrected chi connectivity index (χ4v) is 4.56. The maximum Gasteiger partial charge on any atom is 0.215 e. The molecule has 8 heteroatoms. The van der Waals surface area contributed by atoms with Crippen LogP contribution in [0.15, 0.2) is 48.5 Å². The van der Waals surface area contributed by atoms with Crippen molar-refractivity contribution in [1.82, 2.24) is 9.62 Å². The van der Waals surface area contributed by atoms with Crippen molar-refractivity contribution >= 4 is 27.3 Å². The Morgan fingerprint density at radius 3 is 2.33 bits per heavy atom. The van der Waals surface area contributed by atoms with Gasteiger partial charge in [0.2, 0.25) is 10.0 Å². The van der Waals surface area contributed by atoms with E-state index < -0.39 is 10.0 Å². The van der Waals surface area contributed by atoms with Crippen LogP contribution in [-0.2, 0) is 15.8 Å². The van der Waals surface area contributed by atoms with E-state index in [-0.39, 0.29) is 11.6 Å². The SMILES string of the molecule is O=S(=O)(Cc1ccccc1Cl)NCCN1CCN(c2ccc(F)cc2)CC1. The first-order valence-corrected chi connectivity index (χ1v) is 10.9. The van der Waals surface area contributed by atoms with E-state index in [0.717, 1.165) is 31.9 Å². The summed E-state index contributed by atoms with van der Waals surface area (Å²) in [6, 6.07) is 13.5. The van der Waals surface area contributed by atoms with Crippen molar-refractivity contribution in [3.8, 4) is 0 Å². The van der Waals surface area contributed by atoms with Crippen LogP contribution in [0, 0.1) is 5.82 Å². The third kappa shape index (κ3) is 5.90. The number of nitrogens with zero attached hydrogens (tertiary/aromatic N) is 2. The normalized spacial score (nSPS) is 15.9. The Bertz CT molecular complexity index is 854. The third-order valence-electron chi connectivity index (χ3n) is 4.62. The second kappa shape index (κ2) is 9.01. The van der Waals surface area contributed by atoms with Gasteiger partial charge in [0.1, 0.15) is 5.82 Å². The molecule has 1 aliphatic rings. The molecule has 0 spiro atoms. The fourth-order valence-electron chi connectivity index (χ4n) is 3.11. The van der Waals surface area contributed by atoms with E-state index in [4.69, 9.17) is 11.6 Å². The smallest absolute Gasteiger partial charge is 0.215 e. The number of piperazine rings is 1. The van der Waals surface area contributed by atoms with Gasteiger partial charge in [0.25, 0.3) is 0 Å².